The van der Waals surface area contributed by atoms with Crippen LogP contribution in [0.3, 0.4) is 0 Å². The average Bonchev–Trinajstić information content (AvgIpc) is 2.69. The van der Waals surface area contributed by atoms with Crippen molar-refractivity contribution < 1.29 is 27.5 Å². The summed E-state index contributed by atoms with van der Waals surface area (Å²) in [7, 11) is 0. The fourth-order valence-electron chi connectivity index (χ4n) is 3.93. The Kier molecular flexibility index (Phi) is 6.77. The number of carbonyl (C=O) groups excluding carboxylic acids is 2. The molecule has 0 saturated carbocycles. The molecule has 0 N–H and O–H groups in total. The molecule has 3 rings (SSSR count). The summed E-state index contributed by atoms with van der Waals surface area (Å²) in [6.45, 7) is 7.38. The number of ether oxygens (including phenoxy) is 1. The standard InChI is InChI=1S/C25H26F3NO3/c1-15(2)32-24(31)23-17(4)29(14-18-7-5-6-16(3)12-18)22(30)13-21(23)19-8-10-20(11-9-19)25(26,27)28/h5-12,15,21H,13-14H2,1-4H3. The van der Waals surface area contributed by atoms with Gasteiger partial charge >= 0.3 is 12.1 Å². The molecule has 4 nitrogen and oxygen atoms in total. The summed E-state index contributed by atoms with van der Waals surface area (Å²) < 4.78 is 44.4. The molecule has 1 unspecified atom stereocenters. The van der Waals surface area contributed by atoms with E-state index >= 15 is 0 Å². The Hall–Kier alpha value is -3.09. The van der Waals surface area contributed by atoms with Crippen LogP contribution in [-0.2, 0) is 27.0 Å². The van der Waals surface area contributed by atoms with Crippen molar-refractivity contribution in [2.24, 2.45) is 0 Å². The van der Waals surface area contributed by atoms with Crippen LogP contribution in [0.25, 0.3) is 0 Å². The third kappa shape index (κ3) is 5.21. The Morgan fingerprint density at radius 1 is 1.12 bits per heavy atom. The number of esters is 1. The number of halogens is 3. The number of alkyl halides is 3. The maximum absolute atomic E-state index is 13.1. The highest BCUT2D eigenvalue weighted by Gasteiger charge is 2.38. The van der Waals surface area contributed by atoms with Crippen LogP contribution in [0.2, 0.25) is 0 Å². The van der Waals surface area contributed by atoms with E-state index in [2.05, 4.69) is 0 Å². The van der Waals surface area contributed by atoms with Gasteiger partial charge in [0.25, 0.3) is 0 Å². The molecule has 1 heterocycles. The van der Waals surface area contributed by atoms with Crippen LogP contribution in [0.5, 0.6) is 0 Å². The van der Waals surface area contributed by atoms with E-state index in [0.29, 0.717) is 23.4 Å². The number of hydrogen-bond donors (Lipinski definition) is 0. The van der Waals surface area contributed by atoms with Gasteiger partial charge in [-0.15, -0.1) is 0 Å². The Balaban J connectivity index is 2.02. The van der Waals surface area contributed by atoms with E-state index in [1.54, 1.807) is 25.7 Å². The smallest absolute Gasteiger partial charge is 0.416 e. The highest BCUT2D eigenvalue weighted by atomic mass is 19.4. The van der Waals surface area contributed by atoms with Crippen molar-refractivity contribution in [1.29, 1.82) is 0 Å². The van der Waals surface area contributed by atoms with Gasteiger partial charge in [0.15, 0.2) is 0 Å². The summed E-state index contributed by atoms with van der Waals surface area (Å²) in [5.74, 6) is -1.44. The van der Waals surface area contributed by atoms with Crippen molar-refractivity contribution >= 4 is 11.9 Å². The minimum atomic E-state index is -4.46. The predicted molar refractivity (Wildman–Crippen MR) is 114 cm³/mol. The fourth-order valence-corrected chi connectivity index (χ4v) is 3.93. The summed E-state index contributed by atoms with van der Waals surface area (Å²) in [5, 5.41) is 0. The van der Waals surface area contributed by atoms with Gasteiger partial charge < -0.3 is 9.64 Å². The molecule has 0 radical (unpaired) electrons. The molecule has 0 bridgehead atoms. The number of allylic oxidation sites excluding steroid dienone is 1. The van der Waals surface area contributed by atoms with Gasteiger partial charge in [0.2, 0.25) is 5.91 Å². The number of benzene rings is 2. The van der Waals surface area contributed by atoms with Crippen LogP contribution in [0.1, 0.15) is 55.4 Å². The Morgan fingerprint density at radius 3 is 2.34 bits per heavy atom. The zero-order valence-corrected chi connectivity index (χ0v) is 18.5. The number of amides is 1. The van der Waals surface area contributed by atoms with Gasteiger partial charge in [0, 0.05) is 18.0 Å². The summed E-state index contributed by atoms with van der Waals surface area (Å²) in [5.41, 5.74) is 2.41. The van der Waals surface area contributed by atoms with Gasteiger partial charge in [-0.25, -0.2) is 4.79 Å². The Morgan fingerprint density at radius 2 is 1.78 bits per heavy atom. The highest BCUT2D eigenvalue weighted by Crippen LogP contribution is 2.39. The van der Waals surface area contributed by atoms with Crippen molar-refractivity contribution in [3.05, 3.63) is 82.1 Å². The van der Waals surface area contributed by atoms with E-state index in [1.807, 2.05) is 31.2 Å². The van der Waals surface area contributed by atoms with Crippen LogP contribution in [0.4, 0.5) is 13.2 Å². The minimum Gasteiger partial charge on any atom is -0.460 e. The number of carbonyl (C=O) groups is 2. The second-order valence-corrected chi connectivity index (χ2v) is 8.30. The van der Waals surface area contributed by atoms with Gasteiger partial charge in [-0.3, -0.25) is 4.79 Å². The molecule has 1 amide bonds. The first-order valence-electron chi connectivity index (χ1n) is 10.4. The molecular formula is C25H26F3NO3. The molecule has 0 spiro atoms. The molecule has 1 aliphatic rings. The molecular weight excluding hydrogens is 419 g/mol. The van der Waals surface area contributed by atoms with Crippen LogP contribution in [0, 0.1) is 6.92 Å². The van der Waals surface area contributed by atoms with E-state index in [9.17, 15) is 22.8 Å². The third-order valence-electron chi connectivity index (χ3n) is 5.45. The minimum absolute atomic E-state index is 0.0307. The monoisotopic (exact) mass is 445 g/mol. The highest BCUT2D eigenvalue weighted by molar-refractivity contribution is 5.96. The predicted octanol–water partition coefficient (Wildman–Crippen LogP) is 5.76. The van der Waals surface area contributed by atoms with Gasteiger partial charge in [0.05, 0.1) is 23.8 Å². The average molecular weight is 445 g/mol. The zero-order valence-electron chi connectivity index (χ0n) is 18.5. The molecule has 2 aromatic rings. The molecule has 0 aliphatic carbocycles. The molecule has 2 aromatic carbocycles. The molecule has 1 atom stereocenters. The van der Waals surface area contributed by atoms with E-state index in [4.69, 9.17) is 4.74 Å². The number of hydrogen-bond acceptors (Lipinski definition) is 3. The van der Waals surface area contributed by atoms with Crippen molar-refractivity contribution in [2.45, 2.75) is 58.9 Å². The van der Waals surface area contributed by atoms with Gasteiger partial charge in [-0.05, 0) is 51.0 Å². The maximum Gasteiger partial charge on any atom is 0.416 e. The van der Waals surface area contributed by atoms with Crippen molar-refractivity contribution in [3.8, 4) is 0 Å². The quantitative estimate of drug-likeness (QED) is 0.550. The molecule has 170 valence electrons. The van der Waals surface area contributed by atoms with Gasteiger partial charge in [0.1, 0.15) is 0 Å². The largest absolute Gasteiger partial charge is 0.460 e. The molecule has 32 heavy (non-hydrogen) atoms. The summed E-state index contributed by atoms with van der Waals surface area (Å²) in [4.78, 5) is 27.6. The van der Waals surface area contributed by atoms with Crippen molar-refractivity contribution in [1.82, 2.24) is 4.90 Å². The zero-order chi connectivity index (χ0) is 23.6. The molecule has 0 aromatic heterocycles. The Labute approximate surface area is 185 Å². The SMILES string of the molecule is CC1=C(C(=O)OC(C)C)C(c2ccc(C(F)(F)F)cc2)CC(=O)N1Cc1cccc(C)c1. The first-order valence-corrected chi connectivity index (χ1v) is 10.4. The molecule has 0 saturated heterocycles. The lowest BCUT2D eigenvalue weighted by molar-refractivity contribution is -0.144. The molecule has 0 fully saturated rings. The Bertz CT molecular complexity index is 1040. The van der Waals surface area contributed by atoms with Crippen LogP contribution < -0.4 is 0 Å². The van der Waals surface area contributed by atoms with E-state index in [0.717, 1.165) is 23.3 Å². The van der Waals surface area contributed by atoms with Gasteiger partial charge in [-0.1, -0.05) is 42.0 Å². The number of rotatable bonds is 5. The molecule has 1 aliphatic heterocycles. The summed E-state index contributed by atoms with van der Waals surface area (Å²) in [6.07, 6.45) is -4.87. The second-order valence-electron chi connectivity index (χ2n) is 8.30. The van der Waals surface area contributed by atoms with Gasteiger partial charge in [-0.2, -0.15) is 13.2 Å². The normalized spacial score (nSPS) is 17.2. The number of nitrogens with zero attached hydrogens (tertiary/aromatic N) is 1. The topological polar surface area (TPSA) is 46.6 Å². The summed E-state index contributed by atoms with van der Waals surface area (Å²) >= 11 is 0. The van der Waals surface area contributed by atoms with Crippen LogP contribution >= 0.6 is 0 Å². The van der Waals surface area contributed by atoms with E-state index in [1.165, 1.54) is 12.1 Å². The van der Waals surface area contributed by atoms with E-state index < -0.39 is 23.6 Å². The van der Waals surface area contributed by atoms with E-state index in [-0.39, 0.29) is 18.4 Å². The lowest BCUT2D eigenvalue weighted by Gasteiger charge is -2.35. The maximum atomic E-state index is 13.1. The third-order valence-corrected chi connectivity index (χ3v) is 5.45. The summed E-state index contributed by atoms with van der Waals surface area (Å²) in [6, 6.07) is 12.3. The fraction of sp³-hybridized carbons (Fsp3) is 0.360. The lowest BCUT2D eigenvalue weighted by atomic mass is 9.83. The van der Waals surface area contributed by atoms with Crippen LogP contribution in [0.15, 0.2) is 59.8 Å². The first-order chi connectivity index (χ1) is 15.0. The van der Waals surface area contributed by atoms with Crippen molar-refractivity contribution in [3.63, 3.8) is 0 Å². The second kappa shape index (κ2) is 9.18. The number of aryl methyl sites for hydroxylation is 1. The van der Waals surface area contributed by atoms with Crippen LogP contribution in [-0.4, -0.2) is 22.9 Å². The molecule has 7 heteroatoms. The first kappa shape index (κ1) is 23.6. The lowest BCUT2D eigenvalue weighted by Crippen LogP contribution is -2.38. The van der Waals surface area contributed by atoms with Crippen molar-refractivity contribution in [2.75, 3.05) is 0 Å².